The van der Waals surface area contributed by atoms with Crippen LogP contribution in [-0.2, 0) is 14.2 Å². The Balaban J connectivity index is 1.58. The fourth-order valence-electron chi connectivity index (χ4n) is 12.0. The van der Waals surface area contributed by atoms with Crippen LogP contribution in [0.3, 0.4) is 0 Å². The van der Waals surface area contributed by atoms with E-state index in [-0.39, 0.29) is 29.8 Å². The van der Waals surface area contributed by atoms with E-state index in [9.17, 15) is 14.4 Å². The fourth-order valence-corrected chi connectivity index (χ4v) is 12.0. The minimum atomic E-state index is -0.762. The van der Waals surface area contributed by atoms with Crippen molar-refractivity contribution >= 4 is 18.5 Å². The molecule has 9 nitrogen and oxygen atoms in total. The van der Waals surface area contributed by atoms with Crippen LogP contribution in [0.5, 0.6) is 17.2 Å². The van der Waals surface area contributed by atoms with E-state index in [1.165, 1.54) is 25.7 Å². The molecule has 3 aromatic carbocycles. The smallest absolute Gasteiger partial charge is 0.431 e. The lowest BCUT2D eigenvalue weighted by Crippen LogP contribution is -2.27. The van der Waals surface area contributed by atoms with Crippen molar-refractivity contribution in [1.29, 1.82) is 0 Å². The van der Waals surface area contributed by atoms with Crippen LogP contribution in [-0.4, -0.2) is 35.8 Å². The Morgan fingerprint density at radius 2 is 0.853 bits per heavy atom. The molecular weight excluding hydrogens is 853 g/mol. The van der Waals surface area contributed by atoms with Gasteiger partial charge < -0.3 is 28.4 Å². The van der Waals surface area contributed by atoms with E-state index in [0.717, 1.165) is 153 Å². The van der Waals surface area contributed by atoms with Crippen LogP contribution < -0.4 is 14.2 Å². The summed E-state index contributed by atoms with van der Waals surface area (Å²) >= 11 is 0. The van der Waals surface area contributed by atoms with Gasteiger partial charge in [0, 0.05) is 22.6 Å². The van der Waals surface area contributed by atoms with Crippen molar-refractivity contribution in [3.05, 3.63) is 86.5 Å². The van der Waals surface area contributed by atoms with Crippen molar-refractivity contribution in [3.8, 4) is 17.2 Å². The average molecular weight is 935 g/mol. The van der Waals surface area contributed by atoms with E-state index in [0.29, 0.717) is 17.2 Å². The monoisotopic (exact) mass is 935 g/mol. The van der Waals surface area contributed by atoms with Crippen LogP contribution in [0.25, 0.3) is 0 Å². The molecule has 9 heteroatoms. The molecule has 0 radical (unpaired) electrons. The first-order valence-electron chi connectivity index (χ1n) is 26.5. The van der Waals surface area contributed by atoms with E-state index in [1.54, 1.807) is 0 Å². The zero-order valence-corrected chi connectivity index (χ0v) is 43.2. The molecule has 7 rings (SSSR count). The van der Waals surface area contributed by atoms with Crippen LogP contribution >= 0.6 is 0 Å². The van der Waals surface area contributed by atoms with Gasteiger partial charge in [0.2, 0.25) is 0 Å². The van der Waals surface area contributed by atoms with Crippen molar-refractivity contribution < 1.29 is 42.8 Å². The maximum Gasteiger partial charge on any atom is 0.514 e. The van der Waals surface area contributed by atoms with Gasteiger partial charge in [-0.05, 0) is 184 Å². The van der Waals surface area contributed by atoms with Crippen LogP contribution in [0, 0.1) is 13.8 Å². The molecule has 372 valence electrons. The molecule has 0 saturated heterocycles. The molecule has 4 aliphatic rings. The summed E-state index contributed by atoms with van der Waals surface area (Å²) in [6.07, 6.45) is 19.1. The number of para-hydroxylation sites is 1. The van der Waals surface area contributed by atoms with Gasteiger partial charge in [0.1, 0.15) is 28.5 Å². The third-order valence-corrected chi connectivity index (χ3v) is 15.0. The summed E-state index contributed by atoms with van der Waals surface area (Å²) < 4.78 is 36.9. The number of carbonyl (C=O) groups is 3. The Bertz CT molecular complexity index is 2220. The fraction of sp³-hybridized carbons (Fsp3) is 0.644. The van der Waals surface area contributed by atoms with Crippen molar-refractivity contribution in [1.82, 2.24) is 0 Å². The van der Waals surface area contributed by atoms with Gasteiger partial charge in [0.25, 0.3) is 0 Å². The first-order chi connectivity index (χ1) is 32.4. The molecule has 0 heterocycles. The molecule has 0 amide bonds. The van der Waals surface area contributed by atoms with Crippen LogP contribution in [0.1, 0.15) is 263 Å². The van der Waals surface area contributed by atoms with E-state index in [2.05, 4.69) is 32.0 Å². The lowest BCUT2D eigenvalue weighted by molar-refractivity contribution is 0.0189. The molecule has 4 fully saturated rings. The van der Waals surface area contributed by atoms with Gasteiger partial charge in [-0.3, -0.25) is 0 Å². The zero-order chi connectivity index (χ0) is 48.8. The topological polar surface area (TPSA) is 107 Å². The highest BCUT2D eigenvalue weighted by Crippen LogP contribution is 2.54. The van der Waals surface area contributed by atoms with Gasteiger partial charge in [-0.1, -0.05) is 107 Å². The maximum atomic E-state index is 14.0. The highest BCUT2D eigenvalue weighted by Gasteiger charge is 2.38. The van der Waals surface area contributed by atoms with Gasteiger partial charge in [-0.15, -0.1) is 0 Å². The normalized spacial score (nSPS) is 18.8. The Morgan fingerprint density at radius 3 is 1.25 bits per heavy atom. The predicted molar refractivity (Wildman–Crippen MR) is 269 cm³/mol. The Labute approximate surface area is 408 Å². The summed E-state index contributed by atoms with van der Waals surface area (Å²) in [6, 6.07) is 12.6. The zero-order valence-electron chi connectivity index (χ0n) is 43.2. The first kappa shape index (κ1) is 51.3. The Kier molecular flexibility index (Phi) is 17.0. The van der Waals surface area contributed by atoms with E-state index < -0.39 is 35.6 Å². The quantitative estimate of drug-likeness (QED) is 0.0804. The number of benzene rings is 3. The van der Waals surface area contributed by atoms with E-state index in [1.807, 2.05) is 73.6 Å². The number of carbonyl (C=O) groups excluding carboxylic acids is 3. The Morgan fingerprint density at radius 1 is 0.485 bits per heavy atom. The molecule has 4 saturated carbocycles. The molecule has 0 aromatic heterocycles. The predicted octanol–water partition coefficient (Wildman–Crippen LogP) is 17.2. The molecule has 1 unspecified atom stereocenters. The molecule has 0 aliphatic heterocycles. The van der Waals surface area contributed by atoms with Gasteiger partial charge in [0.15, 0.2) is 0 Å². The van der Waals surface area contributed by atoms with Gasteiger partial charge in [0.05, 0.1) is 6.10 Å². The molecule has 0 spiro atoms. The molecule has 3 aromatic rings. The SMILES string of the molecule is Cc1c(C(c2ccccc2OC(=O)OC(C)(C)C)c2cc(C3CCCCC3)c(OC(=O)OC(C)(C)C)c(C3CCCCC3)c2C)cc(C2CCCCC2)c(OC(=O)OC(C)C)c1C1CCCCC1. The second-order valence-corrected chi connectivity index (χ2v) is 22.8. The van der Waals surface area contributed by atoms with Crippen molar-refractivity contribution in [2.24, 2.45) is 0 Å². The number of ether oxygens (including phenoxy) is 6. The number of hydrogen-bond donors (Lipinski definition) is 0. The standard InChI is InChI=1S/C59H82O9/c1-37(2)63-55(60)65-53-47(40-25-15-11-16-26-40)35-45(38(3)50(53)42-29-19-13-20-30-42)52(44-33-23-24-34-49(44)64-56(61)67-58(5,6)7)46-36-48(41-27-17-12-18-28-41)54(66-57(62)68-59(8,9)10)51(39(46)4)43-31-21-14-22-32-43/h23-24,33-37,40-43,52H,11-22,25-32H2,1-10H3. The summed E-state index contributed by atoms with van der Waals surface area (Å²) in [5, 5.41) is 0. The molecule has 68 heavy (non-hydrogen) atoms. The van der Waals surface area contributed by atoms with Gasteiger partial charge in [-0.25, -0.2) is 14.4 Å². The Hall–Kier alpha value is -4.53. The van der Waals surface area contributed by atoms with Crippen molar-refractivity contribution in [2.75, 3.05) is 0 Å². The molecule has 1 atom stereocenters. The first-order valence-corrected chi connectivity index (χ1v) is 26.5. The third-order valence-electron chi connectivity index (χ3n) is 15.0. The largest absolute Gasteiger partial charge is 0.514 e. The molecular formula is C59H82O9. The maximum absolute atomic E-state index is 14.0. The highest BCUT2D eigenvalue weighted by molar-refractivity contribution is 5.72. The van der Waals surface area contributed by atoms with Crippen LogP contribution in [0.15, 0.2) is 36.4 Å². The van der Waals surface area contributed by atoms with E-state index in [4.69, 9.17) is 28.4 Å². The lowest BCUT2D eigenvalue weighted by Gasteiger charge is -2.36. The average Bonchev–Trinajstić information content (AvgIpc) is 3.28. The van der Waals surface area contributed by atoms with Crippen molar-refractivity contribution in [3.63, 3.8) is 0 Å². The van der Waals surface area contributed by atoms with Gasteiger partial charge in [-0.2, -0.15) is 0 Å². The van der Waals surface area contributed by atoms with Gasteiger partial charge >= 0.3 is 18.5 Å². The lowest BCUT2D eigenvalue weighted by atomic mass is 9.70. The number of rotatable bonds is 11. The number of hydrogen-bond acceptors (Lipinski definition) is 9. The molecule has 0 N–H and O–H groups in total. The van der Waals surface area contributed by atoms with Crippen LogP contribution in [0.4, 0.5) is 14.4 Å². The second kappa shape index (κ2) is 22.5. The van der Waals surface area contributed by atoms with E-state index >= 15 is 0 Å². The van der Waals surface area contributed by atoms with Crippen LogP contribution in [0.2, 0.25) is 0 Å². The summed E-state index contributed by atoms with van der Waals surface area (Å²) in [5.41, 5.74) is 8.02. The van der Waals surface area contributed by atoms with Crippen molar-refractivity contribution in [2.45, 2.75) is 245 Å². The highest BCUT2D eigenvalue weighted by atomic mass is 16.7. The second-order valence-electron chi connectivity index (χ2n) is 22.8. The summed E-state index contributed by atoms with van der Waals surface area (Å²) in [6.45, 7) is 19.3. The summed E-state index contributed by atoms with van der Waals surface area (Å²) in [5.74, 6) is 2.06. The molecule has 4 aliphatic carbocycles. The third kappa shape index (κ3) is 12.8. The summed E-state index contributed by atoms with van der Waals surface area (Å²) in [7, 11) is 0. The summed E-state index contributed by atoms with van der Waals surface area (Å²) in [4.78, 5) is 41.5. The minimum absolute atomic E-state index is 0.177. The minimum Gasteiger partial charge on any atom is -0.431 e. The molecule has 0 bridgehead atoms.